The summed E-state index contributed by atoms with van der Waals surface area (Å²) < 4.78 is 14.5. The average molecular weight is 722 g/mol. The van der Waals surface area contributed by atoms with Crippen molar-refractivity contribution in [3.8, 4) is 5.75 Å². The van der Waals surface area contributed by atoms with Crippen LogP contribution in [-0.2, 0) is 16.3 Å². The highest BCUT2D eigenvalue weighted by atomic mass is 32.1. The Balaban J connectivity index is 0.959. The van der Waals surface area contributed by atoms with E-state index in [2.05, 4.69) is 95.0 Å². The highest BCUT2D eigenvalue weighted by molar-refractivity contribution is 7.17. The van der Waals surface area contributed by atoms with Crippen molar-refractivity contribution in [2.45, 2.75) is 77.9 Å². The van der Waals surface area contributed by atoms with Gasteiger partial charge in [-0.15, -0.1) is 11.3 Å². The molecule has 3 heterocycles. The summed E-state index contributed by atoms with van der Waals surface area (Å²) in [6.45, 7) is 7.95. The fourth-order valence-electron chi connectivity index (χ4n) is 6.42. The van der Waals surface area contributed by atoms with Gasteiger partial charge in [0.15, 0.2) is 6.73 Å². The van der Waals surface area contributed by atoms with Crippen LogP contribution in [0, 0.1) is 0 Å². The Labute approximate surface area is 313 Å². The third-order valence-electron chi connectivity index (χ3n) is 9.36. The van der Waals surface area contributed by atoms with Crippen molar-refractivity contribution in [2.24, 2.45) is 0 Å². The van der Waals surface area contributed by atoms with E-state index in [4.69, 9.17) is 9.47 Å². The fraction of sp³-hybridized carbons (Fsp3) is 0.409. The van der Waals surface area contributed by atoms with Gasteiger partial charge in [0.2, 0.25) is 0 Å². The first-order valence-electron chi connectivity index (χ1n) is 19.1. The second-order valence-electron chi connectivity index (χ2n) is 13.2. The number of thiophene rings is 1. The normalized spacial score (nSPS) is 14.3. The molecular weight excluding hydrogens is 667 g/mol. The van der Waals surface area contributed by atoms with Crippen molar-refractivity contribution in [1.82, 2.24) is 9.47 Å². The molecule has 1 aliphatic heterocycles. The minimum Gasteiger partial charge on any atom is -0.494 e. The smallest absolute Gasteiger partial charge is 0.307 e. The van der Waals surface area contributed by atoms with Gasteiger partial charge >= 0.3 is 5.97 Å². The van der Waals surface area contributed by atoms with E-state index in [1.165, 1.54) is 26.4 Å². The Morgan fingerprint density at radius 3 is 2.35 bits per heavy atom. The highest BCUT2D eigenvalue weighted by Gasteiger charge is 2.18. The number of esters is 1. The molecule has 0 radical (unpaired) electrons. The van der Waals surface area contributed by atoms with Crippen LogP contribution in [0.4, 0.5) is 5.69 Å². The zero-order valence-electron chi connectivity index (χ0n) is 30.8. The number of aromatic nitrogens is 1. The molecule has 2 aromatic heterocycles. The van der Waals surface area contributed by atoms with Crippen molar-refractivity contribution in [3.05, 3.63) is 119 Å². The summed E-state index contributed by atoms with van der Waals surface area (Å²) in [5, 5.41) is 4.44. The van der Waals surface area contributed by atoms with Crippen molar-refractivity contribution < 1.29 is 14.3 Å². The Bertz CT molecular complexity index is 1860. The molecule has 0 N–H and O–H groups in total. The number of carbonyl (C=O) groups is 1. The number of ether oxygens (including phenoxy) is 2. The van der Waals surface area contributed by atoms with E-state index in [-0.39, 0.29) is 18.3 Å². The summed E-state index contributed by atoms with van der Waals surface area (Å²) in [5.41, 5.74) is 1.85. The molecule has 4 aromatic rings. The van der Waals surface area contributed by atoms with E-state index in [9.17, 15) is 9.59 Å². The number of hydrogen-bond acceptors (Lipinski definition) is 7. The first-order chi connectivity index (χ1) is 25.6. The first-order valence-corrected chi connectivity index (χ1v) is 20.0. The van der Waals surface area contributed by atoms with Crippen molar-refractivity contribution in [2.75, 3.05) is 44.2 Å². The number of carbonyl (C=O) groups excluding carboxylic acids is 1. The van der Waals surface area contributed by atoms with Crippen LogP contribution < -0.4 is 15.2 Å². The molecule has 0 spiro atoms. The van der Waals surface area contributed by atoms with Crippen molar-refractivity contribution >= 4 is 44.0 Å². The van der Waals surface area contributed by atoms with Crippen LogP contribution in [0.2, 0.25) is 0 Å². The number of rotatable bonds is 21. The van der Waals surface area contributed by atoms with Crippen molar-refractivity contribution in [3.63, 3.8) is 0 Å². The molecule has 0 amide bonds. The van der Waals surface area contributed by atoms with E-state index >= 15 is 0 Å². The maximum Gasteiger partial charge on any atom is 0.307 e. The van der Waals surface area contributed by atoms with Gasteiger partial charge in [0.1, 0.15) is 5.75 Å². The zero-order valence-corrected chi connectivity index (χ0v) is 31.6. The van der Waals surface area contributed by atoms with Crippen LogP contribution in [0.5, 0.6) is 5.75 Å². The van der Waals surface area contributed by atoms with Crippen molar-refractivity contribution in [1.29, 1.82) is 0 Å². The summed E-state index contributed by atoms with van der Waals surface area (Å²) in [4.78, 5) is 30.3. The van der Waals surface area contributed by atoms with Gasteiger partial charge in [0.05, 0.1) is 12.1 Å². The monoisotopic (exact) mass is 721 g/mol. The van der Waals surface area contributed by atoms with Gasteiger partial charge in [0, 0.05) is 60.5 Å². The van der Waals surface area contributed by atoms with Crippen LogP contribution in [0.1, 0.15) is 71.1 Å². The van der Waals surface area contributed by atoms with Crippen LogP contribution in [-0.4, -0.2) is 54.8 Å². The lowest BCUT2D eigenvalue weighted by atomic mass is 10.2. The number of allylic oxidation sites excluding steroid dienone is 8. The lowest BCUT2D eigenvalue weighted by Crippen LogP contribution is -2.46. The van der Waals surface area contributed by atoms with E-state index in [1.54, 1.807) is 17.4 Å². The Morgan fingerprint density at radius 1 is 0.808 bits per heavy atom. The fourth-order valence-corrected chi connectivity index (χ4v) is 7.23. The third kappa shape index (κ3) is 12.4. The van der Waals surface area contributed by atoms with Gasteiger partial charge in [-0.3, -0.25) is 19.1 Å². The van der Waals surface area contributed by atoms with Crippen LogP contribution in [0.3, 0.4) is 0 Å². The van der Waals surface area contributed by atoms with Gasteiger partial charge in [-0.25, -0.2) is 0 Å². The molecule has 2 aromatic carbocycles. The first kappa shape index (κ1) is 38.8. The number of anilines is 1. The van der Waals surface area contributed by atoms with Gasteiger partial charge in [-0.1, -0.05) is 61.6 Å². The van der Waals surface area contributed by atoms with E-state index in [0.717, 1.165) is 95.9 Å². The standard InChI is InChI=1S/C44H55N3O4S/c1-2-3-4-5-6-7-8-9-10-11-12-13-14-15-16-22-44(49)51-36-47-41-35-38(25-23-37(41)24-26-43(47)48)50-33-18-17-28-45-29-31-46(32-30-45)40-20-19-21-42-39(40)27-34-52-42/h3-4,6-7,9-10,12-13,19-21,23-27,34-35H,2,5,8,11,14-18,22,28-33,36H2,1H3. The van der Waals surface area contributed by atoms with Gasteiger partial charge < -0.3 is 14.4 Å². The maximum atomic E-state index is 12.8. The van der Waals surface area contributed by atoms with E-state index in [0.29, 0.717) is 24.3 Å². The van der Waals surface area contributed by atoms with E-state index in [1.807, 2.05) is 18.2 Å². The van der Waals surface area contributed by atoms with Crippen LogP contribution in [0.25, 0.3) is 21.0 Å². The lowest BCUT2D eigenvalue weighted by molar-refractivity contribution is -0.147. The number of piperazine rings is 1. The molecule has 0 saturated carbocycles. The lowest BCUT2D eigenvalue weighted by Gasteiger charge is -2.36. The number of hydrogen-bond donors (Lipinski definition) is 0. The number of unbranched alkanes of at least 4 members (excludes halogenated alkanes) is 3. The Hall–Kier alpha value is -4.40. The molecule has 8 heteroatoms. The average Bonchev–Trinajstić information content (AvgIpc) is 3.66. The Kier molecular flexibility index (Phi) is 16.3. The topological polar surface area (TPSA) is 64.0 Å². The van der Waals surface area contributed by atoms with Crippen LogP contribution >= 0.6 is 11.3 Å². The summed E-state index contributed by atoms with van der Waals surface area (Å²) >= 11 is 1.81. The number of fused-ring (bicyclic) bond motifs is 2. The predicted octanol–water partition coefficient (Wildman–Crippen LogP) is 10.1. The second-order valence-corrected chi connectivity index (χ2v) is 14.2. The molecule has 52 heavy (non-hydrogen) atoms. The quantitative estimate of drug-likeness (QED) is 0.0485. The molecule has 5 rings (SSSR count). The number of benzene rings is 2. The second kappa shape index (κ2) is 21.8. The molecule has 1 fully saturated rings. The zero-order chi connectivity index (χ0) is 36.2. The molecule has 1 aliphatic rings. The third-order valence-corrected chi connectivity index (χ3v) is 10.2. The summed E-state index contributed by atoms with van der Waals surface area (Å²) in [6.07, 6.45) is 26.4. The highest BCUT2D eigenvalue weighted by Crippen LogP contribution is 2.31. The van der Waals surface area contributed by atoms with Gasteiger partial charge in [-0.05, 0) is 111 Å². The minimum absolute atomic E-state index is 0.106. The molecule has 0 aliphatic carbocycles. The minimum atomic E-state index is -0.289. The van der Waals surface area contributed by atoms with Crippen LogP contribution in [0.15, 0.2) is 113 Å². The molecule has 7 nitrogen and oxygen atoms in total. The molecule has 276 valence electrons. The summed E-state index contributed by atoms with van der Waals surface area (Å²) in [6, 6.07) is 17.9. The summed E-state index contributed by atoms with van der Waals surface area (Å²) in [7, 11) is 0. The molecule has 0 bridgehead atoms. The number of nitrogens with zero attached hydrogens (tertiary/aromatic N) is 3. The predicted molar refractivity (Wildman–Crippen MR) is 219 cm³/mol. The number of pyridine rings is 1. The SMILES string of the molecule is CCC=CCC=CCC=CCC=CCCCCC(=O)OCn1c(=O)ccc2ccc(OCCCCN3CCN(c4cccc5sccc45)CC3)cc21. The van der Waals surface area contributed by atoms with Gasteiger partial charge in [-0.2, -0.15) is 0 Å². The largest absolute Gasteiger partial charge is 0.494 e. The molecular formula is C44H55N3O4S. The van der Waals surface area contributed by atoms with E-state index < -0.39 is 0 Å². The summed E-state index contributed by atoms with van der Waals surface area (Å²) in [5.74, 6) is 0.424. The Morgan fingerprint density at radius 2 is 1.56 bits per heavy atom. The molecule has 0 atom stereocenters. The molecule has 1 saturated heterocycles. The molecule has 0 unspecified atom stereocenters. The maximum absolute atomic E-state index is 12.8. The van der Waals surface area contributed by atoms with Gasteiger partial charge in [0.25, 0.3) is 5.56 Å².